The van der Waals surface area contributed by atoms with Crippen molar-refractivity contribution < 1.29 is 56.6 Å². The van der Waals surface area contributed by atoms with Gasteiger partial charge in [0.1, 0.15) is 17.5 Å². The fraction of sp³-hybridized carbons (Fsp3) is 0.253. The Morgan fingerprint density at radius 3 is 1.04 bits per heavy atom. The number of fused-ring (bicyclic) bond motifs is 3. The number of anilines is 2. The number of nitrogens with zero attached hydrogens (tertiary/aromatic N) is 8. The zero-order valence-corrected chi connectivity index (χ0v) is 68.4. The first-order valence-electron chi connectivity index (χ1n) is 40.9. The lowest BCUT2D eigenvalue weighted by molar-refractivity contribution is -0.138. The van der Waals surface area contributed by atoms with E-state index in [1.807, 2.05) is 181 Å². The van der Waals surface area contributed by atoms with Crippen LogP contribution in [0.5, 0.6) is 0 Å². The number of carbonyl (C=O) groups excluding carboxylic acids is 7. The Morgan fingerprint density at radius 2 is 0.697 bits per heavy atom. The molecule has 8 atom stereocenters. The normalized spacial score (nSPS) is 20.6. The predicted molar refractivity (Wildman–Crippen MR) is 465 cm³/mol. The molecule has 23 nitrogen and oxygen atoms in total. The van der Waals surface area contributed by atoms with Gasteiger partial charge in [-0.2, -0.15) is 15.3 Å². The molecule has 10 aromatic carbocycles. The van der Waals surface area contributed by atoms with Gasteiger partial charge in [0.25, 0.3) is 0 Å². The van der Waals surface area contributed by atoms with Gasteiger partial charge in [-0.05, 0) is 224 Å². The van der Waals surface area contributed by atoms with Crippen LogP contribution in [0.4, 0.5) is 24.5 Å². The van der Waals surface area contributed by atoms with Crippen molar-refractivity contribution in [2.45, 2.75) is 125 Å². The van der Waals surface area contributed by atoms with Crippen LogP contribution in [0.3, 0.4) is 0 Å². The van der Waals surface area contributed by atoms with E-state index in [0.29, 0.717) is 12.8 Å². The molecule has 2 unspecified atom stereocenters. The molecule has 0 spiro atoms. The molecule has 0 radical (unpaired) electrons. The first kappa shape index (κ1) is 82.5. The molecule has 4 saturated heterocycles. The molecule has 4 aliphatic carbocycles. The molecule has 122 heavy (non-hydrogen) atoms. The minimum atomic E-state index is -0.630. The van der Waals surface area contributed by atoms with E-state index < -0.39 is 5.97 Å². The van der Waals surface area contributed by atoms with Crippen LogP contribution in [0.2, 0.25) is 0 Å². The molecule has 7 heterocycles. The van der Waals surface area contributed by atoms with Crippen LogP contribution in [0.15, 0.2) is 267 Å². The lowest BCUT2D eigenvalue weighted by Gasteiger charge is -2.29. The number of nitrogens with one attached hydrogen (secondary N) is 5. The zero-order valence-electron chi connectivity index (χ0n) is 66.2. The average Bonchev–Trinajstić information content (AvgIpc) is 1.58. The molecule has 620 valence electrons. The Bertz CT molecular complexity index is 5760. The highest BCUT2D eigenvalue weighted by molar-refractivity contribution is 14.1. The number of halogens is 4. The number of hydrogen-bond donors (Lipinski definition) is 7. The maximum Gasteiger partial charge on any atom is 0.306 e. The first-order chi connectivity index (χ1) is 59.2. The Kier molecular flexibility index (Phi) is 24.9. The number of carboxylic acids is 1. The number of aliphatic carboxylic acids is 1. The van der Waals surface area contributed by atoms with Gasteiger partial charge in [0.15, 0.2) is 0 Å². The number of aromatic nitrogens is 6. The number of carboxylic acid groups (broad SMARTS) is 1. The number of benzene rings is 10. The number of rotatable bonds is 16. The highest BCUT2D eigenvalue weighted by atomic mass is 127. The van der Waals surface area contributed by atoms with Gasteiger partial charge in [0.05, 0.1) is 100 Å². The standard InChI is InChI=1S/2C27H23FN4O2.C14H16N2O2.C13H8FIN2.C10H12N2O.C4H6O2/c2*28-20-8-10-21(11-9-20)32-24-13-12-22(14-19(24)16-29-32)31-25(33)15-23(30-27(34)18-6-7-18)26(31)17-4-2-1-3-5-17;17-12-8-11(15-14(18)10-6-7-10)13(16-12)9-4-2-1-3-5-9;14-10-1-4-12(5-2-10)17-13-6-3-11(15)7-9(13)8-16-17;11-8-6-9(13)12-10(8)7-4-2-1-3-5-7;5-4(6)3-1-2-3/h2*1-5,8-14,16,18,23,26H,6-7,15H2,(H,30,34);1-5,10-11,13H,6-8H2,(H,15,18)(H,16,17);1-8H;1-5,8,10H,6,11H2,(H,12,13);3H,1-2H2,(H,5,6)/t2*23-,26+;11-,13?;;8-,10?;/m100.0./s1. The van der Waals surface area contributed by atoms with Gasteiger partial charge in [-0.15, -0.1) is 0 Å². The fourth-order valence-electron chi connectivity index (χ4n) is 15.8. The molecule has 21 rings (SSSR count). The minimum Gasteiger partial charge on any atom is -0.481 e. The summed E-state index contributed by atoms with van der Waals surface area (Å²) in [5.74, 6) is -0.951. The molecule has 13 aromatic rings. The molecule has 7 amide bonds. The molecule has 4 aliphatic heterocycles. The minimum absolute atomic E-state index is 0.00458. The summed E-state index contributed by atoms with van der Waals surface area (Å²) < 4.78 is 46.0. The van der Waals surface area contributed by atoms with E-state index in [2.05, 4.69) is 70.5 Å². The van der Waals surface area contributed by atoms with Crippen LogP contribution in [0.25, 0.3) is 49.8 Å². The van der Waals surface area contributed by atoms with Crippen LogP contribution in [0.1, 0.15) is 123 Å². The topological polar surface area (TPSA) is 303 Å². The number of amides is 7. The number of carbonyl (C=O) groups is 8. The third kappa shape index (κ3) is 19.6. The van der Waals surface area contributed by atoms with E-state index in [0.717, 1.165) is 135 Å². The van der Waals surface area contributed by atoms with Crippen molar-refractivity contribution in [2.75, 3.05) is 9.80 Å². The van der Waals surface area contributed by atoms with Crippen LogP contribution >= 0.6 is 22.6 Å². The van der Waals surface area contributed by atoms with Crippen molar-refractivity contribution in [1.29, 1.82) is 0 Å². The summed E-state index contributed by atoms with van der Waals surface area (Å²) in [5, 5.41) is 39.2. The smallest absolute Gasteiger partial charge is 0.306 e. The monoisotopic (exact) mass is 1750 g/mol. The molecule has 4 saturated carbocycles. The van der Waals surface area contributed by atoms with Crippen molar-refractivity contribution in [2.24, 2.45) is 29.4 Å². The maximum atomic E-state index is 13.3. The van der Waals surface area contributed by atoms with Crippen molar-refractivity contribution in [3.63, 3.8) is 0 Å². The van der Waals surface area contributed by atoms with Gasteiger partial charge in [-0.3, -0.25) is 38.4 Å². The highest BCUT2D eigenvalue weighted by Gasteiger charge is 2.46. The van der Waals surface area contributed by atoms with E-state index in [-0.39, 0.29) is 144 Å². The second kappa shape index (κ2) is 36.8. The van der Waals surface area contributed by atoms with Crippen LogP contribution < -0.4 is 42.1 Å². The Labute approximate surface area is 714 Å². The molecule has 8 aliphatic rings. The van der Waals surface area contributed by atoms with Gasteiger partial charge in [-0.25, -0.2) is 27.2 Å². The van der Waals surface area contributed by atoms with E-state index in [9.17, 15) is 51.5 Å². The third-order valence-electron chi connectivity index (χ3n) is 22.7. The quantitative estimate of drug-likeness (QED) is 0.0443. The summed E-state index contributed by atoms with van der Waals surface area (Å²) in [5.41, 5.74) is 16.5. The van der Waals surface area contributed by atoms with Crippen LogP contribution in [-0.4, -0.2) is 106 Å². The largest absolute Gasteiger partial charge is 0.481 e. The van der Waals surface area contributed by atoms with Crippen LogP contribution in [0, 0.1) is 44.7 Å². The Morgan fingerprint density at radius 1 is 0.377 bits per heavy atom. The second-order valence-electron chi connectivity index (χ2n) is 31.7. The Hall–Kier alpha value is -13.2. The highest BCUT2D eigenvalue weighted by Crippen LogP contribution is 2.43. The lowest BCUT2D eigenvalue weighted by atomic mass is 9.99. The summed E-state index contributed by atoms with van der Waals surface area (Å²) in [7, 11) is 0. The van der Waals surface area contributed by atoms with Gasteiger partial charge < -0.3 is 47.2 Å². The number of hydrogen-bond acceptors (Lipinski definition) is 12. The molecule has 8 fully saturated rings. The SMILES string of the molecule is Fc1ccc(-n2ncc3cc(I)ccc32)cc1.N[C@H]1CC(=O)NC1c1ccccc1.O=C(N[C@@H]1CC(=O)N(c2ccc3c(cnn3-c3ccc(F)cc3)c2)[C@H]1c1ccccc1)C1CC1.O=C(N[C@H]1CC(=O)N(c2ccc3c(cnn3-c3ccc(F)cc3)c2)[C@@H]1c1ccccc1)C1CC1.O=C(O)C1CC1.O=C1C[C@H](NC(=O)C2CC2)C(c2ccccc2)N1. The molecular weight excluding hydrogens is 1670 g/mol. The van der Waals surface area contributed by atoms with E-state index in [1.54, 1.807) is 68.0 Å². The zero-order chi connectivity index (χ0) is 84.7. The number of nitrogens with two attached hydrogens (primary N) is 1. The van der Waals surface area contributed by atoms with E-state index in [1.165, 1.54) is 40.0 Å². The summed E-state index contributed by atoms with van der Waals surface area (Å²) in [6.45, 7) is 0. The van der Waals surface area contributed by atoms with Crippen LogP contribution in [-0.2, 0) is 38.4 Å². The van der Waals surface area contributed by atoms with E-state index in [4.69, 9.17) is 10.8 Å². The van der Waals surface area contributed by atoms with Gasteiger partial charge in [0.2, 0.25) is 41.4 Å². The predicted octanol–water partition coefficient (Wildman–Crippen LogP) is 15.0. The summed E-state index contributed by atoms with van der Waals surface area (Å²) in [4.78, 5) is 99.3. The lowest BCUT2D eigenvalue weighted by Crippen LogP contribution is -2.40. The molecule has 0 bridgehead atoms. The van der Waals surface area contributed by atoms with Crippen molar-refractivity contribution in [1.82, 2.24) is 55.9 Å². The summed E-state index contributed by atoms with van der Waals surface area (Å²) >= 11 is 2.27. The van der Waals surface area contributed by atoms with Crippen molar-refractivity contribution in [3.8, 4) is 17.1 Å². The first-order valence-corrected chi connectivity index (χ1v) is 42.0. The van der Waals surface area contributed by atoms with E-state index >= 15 is 0 Å². The maximum absolute atomic E-state index is 13.3. The van der Waals surface area contributed by atoms with Gasteiger partial charge >= 0.3 is 5.97 Å². The van der Waals surface area contributed by atoms with Crippen molar-refractivity contribution in [3.05, 3.63) is 311 Å². The average molecular weight is 1750 g/mol. The molecule has 27 heteroatoms. The third-order valence-corrected chi connectivity index (χ3v) is 23.4. The fourth-order valence-corrected chi connectivity index (χ4v) is 16.3. The Balaban J connectivity index is 0.000000116. The molecular formula is C95H88F3IN14O9. The van der Waals surface area contributed by atoms with Crippen molar-refractivity contribution >= 4 is 114 Å². The molecule has 8 N–H and O–H groups in total. The molecule has 3 aromatic heterocycles. The summed E-state index contributed by atoms with van der Waals surface area (Å²) in [6, 6.07) is 74.1. The second-order valence-corrected chi connectivity index (χ2v) is 32.9. The van der Waals surface area contributed by atoms with Gasteiger partial charge in [0, 0.05) is 80.6 Å². The summed E-state index contributed by atoms with van der Waals surface area (Å²) in [6.07, 6.45) is 14.0. The van der Waals surface area contributed by atoms with Gasteiger partial charge in [-0.1, -0.05) is 121 Å².